The Morgan fingerprint density at radius 2 is 2.05 bits per heavy atom. The molecule has 1 atom stereocenters. The van der Waals surface area contributed by atoms with Crippen LogP contribution < -0.4 is 9.47 Å². The highest BCUT2D eigenvalue weighted by atomic mass is 19.1. The second-order valence-corrected chi connectivity index (χ2v) is 4.95. The molecule has 0 radical (unpaired) electrons. The maximum atomic E-state index is 13.5. The summed E-state index contributed by atoms with van der Waals surface area (Å²) in [6, 6.07) is 11.9. The van der Waals surface area contributed by atoms with Gasteiger partial charge in [0, 0.05) is 7.11 Å². The lowest BCUT2D eigenvalue weighted by Gasteiger charge is -2.16. The number of hydrogen-bond acceptors (Lipinski definition) is 4. The summed E-state index contributed by atoms with van der Waals surface area (Å²) in [4.78, 5) is 0. The van der Waals surface area contributed by atoms with E-state index in [9.17, 15) is 9.65 Å². The van der Waals surface area contributed by atoms with Crippen molar-refractivity contribution in [2.75, 3.05) is 13.9 Å². The number of hydrogen-bond donors (Lipinski definition) is 0. The lowest BCUT2D eigenvalue weighted by molar-refractivity contribution is 0.173. The van der Waals surface area contributed by atoms with Crippen LogP contribution in [0.2, 0.25) is 0 Å². The van der Waals surface area contributed by atoms with Crippen molar-refractivity contribution >= 4 is 0 Å². The van der Waals surface area contributed by atoms with E-state index in [0.29, 0.717) is 23.7 Å². The number of nitriles is 1. The predicted octanol–water partition coefficient (Wildman–Crippen LogP) is 3.36. The highest BCUT2D eigenvalue weighted by Gasteiger charge is 2.23. The molecule has 0 aromatic heterocycles. The standard InChI is InChI=1S/C17H14FNO3/c1-20-9-12-6-16-17(22-10-21-16)7-14(12)15(8-19)11-3-2-4-13(18)5-11/h2-7,15H,9-10H2,1H3. The van der Waals surface area contributed by atoms with Gasteiger partial charge in [-0.3, -0.25) is 0 Å². The van der Waals surface area contributed by atoms with Gasteiger partial charge in [0.15, 0.2) is 11.5 Å². The Morgan fingerprint density at radius 1 is 1.27 bits per heavy atom. The first-order chi connectivity index (χ1) is 10.7. The topological polar surface area (TPSA) is 51.5 Å². The minimum atomic E-state index is -0.602. The Balaban J connectivity index is 2.10. The van der Waals surface area contributed by atoms with Crippen LogP contribution in [0.25, 0.3) is 0 Å². The summed E-state index contributed by atoms with van der Waals surface area (Å²) in [6.07, 6.45) is 0. The maximum Gasteiger partial charge on any atom is 0.231 e. The van der Waals surface area contributed by atoms with Crippen LogP contribution in [0.4, 0.5) is 4.39 Å². The minimum Gasteiger partial charge on any atom is -0.454 e. The van der Waals surface area contributed by atoms with Crippen molar-refractivity contribution in [1.29, 1.82) is 5.26 Å². The third kappa shape index (κ3) is 2.61. The van der Waals surface area contributed by atoms with E-state index in [1.807, 2.05) is 6.07 Å². The monoisotopic (exact) mass is 299 g/mol. The number of methoxy groups -OCH3 is 1. The molecule has 1 heterocycles. The van der Waals surface area contributed by atoms with Gasteiger partial charge in [0.2, 0.25) is 6.79 Å². The van der Waals surface area contributed by atoms with Gasteiger partial charge in [-0.05, 0) is 41.0 Å². The van der Waals surface area contributed by atoms with E-state index in [2.05, 4.69) is 6.07 Å². The summed E-state index contributed by atoms with van der Waals surface area (Å²) < 4.78 is 29.4. The van der Waals surface area contributed by atoms with Crippen LogP contribution in [0.15, 0.2) is 36.4 Å². The Morgan fingerprint density at radius 3 is 2.73 bits per heavy atom. The Hall–Kier alpha value is -2.58. The molecule has 112 valence electrons. The number of nitrogens with zero attached hydrogens (tertiary/aromatic N) is 1. The zero-order valence-corrected chi connectivity index (χ0v) is 12.0. The van der Waals surface area contributed by atoms with Crippen molar-refractivity contribution in [1.82, 2.24) is 0 Å². The summed E-state index contributed by atoms with van der Waals surface area (Å²) in [6.45, 7) is 0.488. The number of benzene rings is 2. The van der Waals surface area contributed by atoms with Gasteiger partial charge in [0.1, 0.15) is 5.82 Å². The normalized spacial score (nSPS) is 13.7. The first kappa shape index (κ1) is 14.4. The molecule has 4 nitrogen and oxygen atoms in total. The SMILES string of the molecule is COCc1cc2c(cc1C(C#N)c1cccc(F)c1)OCO2. The second-order valence-electron chi connectivity index (χ2n) is 4.95. The largest absolute Gasteiger partial charge is 0.454 e. The van der Waals surface area contributed by atoms with Crippen molar-refractivity contribution in [3.8, 4) is 17.6 Å². The van der Waals surface area contributed by atoms with Crippen molar-refractivity contribution in [2.45, 2.75) is 12.5 Å². The number of fused-ring (bicyclic) bond motifs is 1. The van der Waals surface area contributed by atoms with Crippen LogP contribution in [-0.2, 0) is 11.3 Å². The van der Waals surface area contributed by atoms with Crippen LogP contribution in [0.5, 0.6) is 11.5 Å². The van der Waals surface area contributed by atoms with Crippen molar-refractivity contribution in [3.63, 3.8) is 0 Å². The summed E-state index contributed by atoms with van der Waals surface area (Å²) >= 11 is 0. The molecule has 0 saturated heterocycles. The molecule has 0 fully saturated rings. The molecule has 2 aromatic carbocycles. The van der Waals surface area contributed by atoms with E-state index < -0.39 is 5.92 Å². The molecule has 1 aliphatic rings. The molecule has 0 spiro atoms. The first-order valence-corrected chi connectivity index (χ1v) is 6.79. The third-order valence-electron chi connectivity index (χ3n) is 3.56. The lowest BCUT2D eigenvalue weighted by atomic mass is 9.89. The number of rotatable bonds is 4. The lowest BCUT2D eigenvalue weighted by Crippen LogP contribution is -2.04. The van der Waals surface area contributed by atoms with Gasteiger partial charge < -0.3 is 14.2 Å². The molecule has 0 aliphatic carbocycles. The molecule has 0 bridgehead atoms. The quantitative estimate of drug-likeness (QED) is 0.868. The fraction of sp³-hybridized carbons (Fsp3) is 0.235. The zero-order chi connectivity index (χ0) is 15.5. The van der Waals surface area contributed by atoms with Gasteiger partial charge in [-0.15, -0.1) is 0 Å². The van der Waals surface area contributed by atoms with Gasteiger partial charge in [-0.2, -0.15) is 5.26 Å². The molecular weight excluding hydrogens is 285 g/mol. The highest BCUT2D eigenvalue weighted by molar-refractivity contribution is 5.53. The molecule has 1 unspecified atom stereocenters. The Bertz CT molecular complexity index is 739. The fourth-order valence-corrected chi connectivity index (χ4v) is 2.56. The van der Waals surface area contributed by atoms with E-state index in [-0.39, 0.29) is 12.6 Å². The molecule has 5 heteroatoms. The van der Waals surface area contributed by atoms with Crippen molar-refractivity contribution in [2.24, 2.45) is 0 Å². The summed E-state index contributed by atoms with van der Waals surface area (Å²) in [5, 5.41) is 9.58. The molecule has 2 aromatic rings. The molecule has 1 aliphatic heterocycles. The fourth-order valence-electron chi connectivity index (χ4n) is 2.56. The molecule has 3 rings (SSSR count). The maximum absolute atomic E-state index is 13.5. The predicted molar refractivity (Wildman–Crippen MR) is 77.1 cm³/mol. The van der Waals surface area contributed by atoms with Crippen LogP contribution >= 0.6 is 0 Å². The Labute approximate surface area is 127 Å². The summed E-state index contributed by atoms with van der Waals surface area (Å²) in [5.41, 5.74) is 2.15. The highest BCUT2D eigenvalue weighted by Crippen LogP contribution is 2.39. The summed E-state index contributed by atoms with van der Waals surface area (Å²) in [7, 11) is 1.58. The molecule has 0 amide bonds. The average molecular weight is 299 g/mol. The zero-order valence-electron chi connectivity index (χ0n) is 12.0. The van der Waals surface area contributed by atoms with Crippen LogP contribution in [0.3, 0.4) is 0 Å². The molecule has 0 saturated carbocycles. The average Bonchev–Trinajstić information content (AvgIpc) is 2.96. The first-order valence-electron chi connectivity index (χ1n) is 6.79. The number of halogens is 1. The van der Waals surface area contributed by atoms with Crippen molar-refractivity contribution in [3.05, 3.63) is 58.9 Å². The van der Waals surface area contributed by atoms with Crippen LogP contribution in [0.1, 0.15) is 22.6 Å². The Kier molecular flexibility index (Phi) is 3.94. The smallest absolute Gasteiger partial charge is 0.231 e. The van der Waals surface area contributed by atoms with E-state index in [1.54, 1.807) is 25.3 Å². The molecule has 0 N–H and O–H groups in total. The summed E-state index contributed by atoms with van der Waals surface area (Å²) in [5.74, 6) is 0.250. The van der Waals surface area contributed by atoms with Gasteiger partial charge in [-0.1, -0.05) is 12.1 Å². The number of ether oxygens (including phenoxy) is 3. The van der Waals surface area contributed by atoms with E-state index in [0.717, 1.165) is 11.1 Å². The van der Waals surface area contributed by atoms with Gasteiger partial charge in [0.25, 0.3) is 0 Å². The van der Waals surface area contributed by atoms with Crippen LogP contribution in [-0.4, -0.2) is 13.9 Å². The van der Waals surface area contributed by atoms with Crippen molar-refractivity contribution < 1.29 is 18.6 Å². The van der Waals surface area contributed by atoms with E-state index in [1.165, 1.54) is 12.1 Å². The van der Waals surface area contributed by atoms with E-state index in [4.69, 9.17) is 14.2 Å². The molecule has 22 heavy (non-hydrogen) atoms. The van der Waals surface area contributed by atoms with Crippen LogP contribution in [0, 0.1) is 17.1 Å². The minimum absolute atomic E-state index is 0.155. The second kappa shape index (κ2) is 6.04. The molecular formula is C17H14FNO3. The van der Waals surface area contributed by atoms with Gasteiger partial charge in [0.05, 0.1) is 18.6 Å². The van der Waals surface area contributed by atoms with Gasteiger partial charge in [-0.25, -0.2) is 4.39 Å². The van der Waals surface area contributed by atoms with Gasteiger partial charge >= 0.3 is 0 Å². The van der Waals surface area contributed by atoms with E-state index >= 15 is 0 Å². The third-order valence-corrected chi connectivity index (χ3v) is 3.56.